The molecule has 1 aromatic heterocycles. The number of aromatic nitrogens is 1. The van der Waals surface area contributed by atoms with Crippen molar-refractivity contribution >= 4 is 20.7 Å². The van der Waals surface area contributed by atoms with E-state index in [0.717, 1.165) is 43.3 Å². The first-order chi connectivity index (χ1) is 13.5. The fourth-order valence-corrected chi connectivity index (χ4v) is 5.88. The van der Waals surface area contributed by atoms with Gasteiger partial charge < -0.3 is 10.1 Å². The van der Waals surface area contributed by atoms with Gasteiger partial charge in [0.05, 0.1) is 11.9 Å². The van der Waals surface area contributed by atoms with Gasteiger partial charge in [-0.15, -0.1) is 0 Å². The third-order valence-electron chi connectivity index (χ3n) is 6.72. The molecule has 1 aliphatic heterocycles. The lowest BCUT2D eigenvalue weighted by molar-refractivity contribution is 0.0630. The van der Waals surface area contributed by atoms with E-state index in [-0.39, 0.29) is 17.6 Å². The van der Waals surface area contributed by atoms with Crippen molar-refractivity contribution in [3.63, 3.8) is 0 Å². The molecule has 1 aromatic carbocycles. The number of rotatable bonds is 7. The number of fused-ring (bicyclic) bond motifs is 1. The summed E-state index contributed by atoms with van der Waals surface area (Å²) in [5.74, 6) is 0.417. The van der Waals surface area contributed by atoms with Crippen LogP contribution in [0.5, 0.6) is 0 Å². The van der Waals surface area contributed by atoms with E-state index in [0.29, 0.717) is 18.5 Å². The average Bonchev–Trinajstić information content (AvgIpc) is 3.41. The topological polar surface area (TPSA) is 73.4 Å². The Balaban J connectivity index is 1.51. The highest BCUT2D eigenvalue weighted by Crippen LogP contribution is 2.33. The second kappa shape index (κ2) is 8.17. The number of aryl methyl sites for hydroxylation is 1. The Morgan fingerprint density at radius 1 is 1.21 bits per heavy atom. The Morgan fingerprint density at radius 2 is 2.07 bits per heavy atom. The van der Waals surface area contributed by atoms with Crippen LogP contribution < -0.4 is 0 Å². The molecule has 0 bridgehead atoms. The van der Waals surface area contributed by atoms with E-state index in [4.69, 9.17) is 0 Å². The molecule has 1 aliphatic carbocycles. The number of hydrogen-bond acceptors (Lipinski definition) is 4. The summed E-state index contributed by atoms with van der Waals surface area (Å²) in [5, 5.41) is 11.6. The van der Waals surface area contributed by atoms with Crippen LogP contribution in [0.15, 0.2) is 24.4 Å². The molecule has 1 saturated carbocycles. The predicted molar refractivity (Wildman–Crippen MR) is 113 cm³/mol. The van der Waals surface area contributed by atoms with Crippen LogP contribution in [0, 0.1) is 0 Å². The molecule has 2 fully saturated rings. The Morgan fingerprint density at radius 3 is 2.82 bits per heavy atom. The number of sulfone groups is 1. The second-order valence-electron chi connectivity index (χ2n) is 8.48. The van der Waals surface area contributed by atoms with Crippen LogP contribution in [0.3, 0.4) is 0 Å². The molecule has 28 heavy (non-hydrogen) atoms. The molecule has 2 heterocycles. The van der Waals surface area contributed by atoms with Gasteiger partial charge >= 0.3 is 0 Å². The Labute approximate surface area is 168 Å². The van der Waals surface area contributed by atoms with E-state index >= 15 is 0 Å². The smallest absolute Gasteiger partial charge is 0.150 e. The van der Waals surface area contributed by atoms with Crippen molar-refractivity contribution in [2.24, 2.45) is 0 Å². The summed E-state index contributed by atoms with van der Waals surface area (Å²) in [6, 6.07) is 7.08. The van der Waals surface area contributed by atoms with E-state index in [1.807, 2.05) is 6.07 Å². The summed E-state index contributed by atoms with van der Waals surface area (Å²) in [4.78, 5) is 5.93. The number of aliphatic hydroxyl groups excluding tert-OH is 1. The van der Waals surface area contributed by atoms with Gasteiger partial charge in [-0.25, -0.2) is 8.42 Å². The van der Waals surface area contributed by atoms with Crippen LogP contribution >= 0.6 is 0 Å². The number of H-pyrrole nitrogens is 1. The average molecular weight is 405 g/mol. The molecule has 0 unspecified atom stereocenters. The van der Waals surface area contributed by atoms with Crippen LogP contribution in [0.2, 0.25) is 0 Å². The standard InChI is InChI=1S/C22H32N2O3S/c1-2-28(26,27)12-10-16-8-9-20-19(13-16)17(15-23-20)14-18-5-4-11-24(18)21-6-3-7-22(21)25/h8-9,13,15,18,21-23,25H,2-7,10-12,14H2,1H3/t18-,21-,22-/m1/s1. The van der Waals surface area contributed by atoms with E-state index in [1.54, 1.807) is 6.92 Å². The minimum Gasteiger partial charge on any atom is -0.391 e. The van der Waals surface area contributed by atoms with Crippen LogP contribution in [-0.4, -0.2) is 59.6 Å². The highest BCUT2D eigenvalue weighted by molar-refractivity contribution is 7.91. The van der Waals surface area contributed by atoms with Gasteiger partial charge in [0.15, 0.2) is 0 Å². The van der Waals surface area contributed by atoms with Gasteiger partial charge in [-0.1, -0.05) is 13.0 Å². The van der Waals surface area contributed by atoms with Gasteiger partial charge in [0.25, 0.3) is 0 Å². The van der Waals surface area contributed by atoms with Crippen molar-refractivity contribution in [2.75, 3.05) is 18.1 Å². The largest absolute Gasteiger partial charge is 0.391 e. The first-order valence-corrected chi connectivity index (χ1v) is 12.5. The zero-order chi connectivity index (χ0) is 19.7. The molecular weight excluding hydrogens is 372 g/mol. The second-order valence-corrected chi connectivity index (χ2v) is 11.0. The highest BCUT2D eigenvalue weighted by Gasteiger charge is 2.37. The number of nitrogens with one attached hydrogen (secondary N) is 1. The fraction of sp³-hybridized carbons (Fsp3) is 0.636. The number of aromatic amines is 1. The molecular formula is C22H32N2O3S. The SMILES string of the molecule is CCS(=O)(=O)CCc1ccc2[nH]cc(C[C@H]3CCCN3[C@@H]3CCC[C@H]3O)c2c1. The Kier molecular flexibility index (Phi) is 5.81. The quantitative estimate of drug-likeness (QED) is 0.744. The lowest BCUT2D eigenvalue weighted by Gasteiger charge is -2.32. The number of nitrogens with zero attached hydrogens (tertiary/aromatic N) is 1. The molecule has 2 aromatic rings. The summed E-state index contributed by atoms with van der Waals surface area (Å²) < 4.78 is 23.7. The van der Waals surface area contributed by atoms with E-state index in [1.165, 1.54) is 23.8 Å². The van der Waals surface area contributed by atoms with Crippen molar-refractivity contribution in [2.45, 2.75) is 70.1 Å². The maximum absolute atomic E-state index is 11.8. The maximum Gasteiger partial charge on any atom is 0.150 e. The van der Waals surface area contributed by atoms with Crippen molar-refractivity contribution in [1.29, 1.82) is 0 Å². The minimum atomic E-state index is -2.95. The molecule has 154 valence electrons. The molecule has 0 radical (unpaired) electrons. The third kappa shape index (κ3) is 4.14. The van der Waals surface area contributed by atoms with Crippen LogP contribution in [-0.2, 0) is 22.7 Å². The zero-order valence-electron chi connectivity index (χ0n) is 16.7. The summed E-state index contributed by atoms with van der Waals surface area (Å²) >= 11 is 0. The first-order valence-electron chi connectivity index (χ1n) is 10.7. The molecule has 3 atom stereocenters. The Bertz CT molecular complexity index is 921. The lowest BCUT2D eigenvalue weighted by Crippen LogP contribution is -2.44. The van der Waals surface area contributed by atoms with Crippen molar-refractivity contribution in [3.05, 3.63) is 35.5 Å². The van der Waals surface area contributed by atoms with Gasteiger partial charge in [-0.3, -0.25) is 4.90 Å². The van der Waals surface area contributed by atoms with E-state index in [2.05, 4.69) is 28.2 Å². The molecule has 5 nitrogen and oxygen atoms in total. The summed E-state index contributed by atoms with van der Waals surface area (Å²) in [5.41, 5.74) is 3.50. The van der Waals surface area contributed by atoms with Crippen LogP contribution in [0.4, 0.5) is 0 Å². The molecule has 1 saturated heterocycles. The molecule has 0 spiro atoms. The van der Waals surface area contributed by atoms with Crippen molar-refractivity contribution in [3.8, 4) is 0 Å². The molecule has 0 amide bonds. The van der Waals surface area contributed by atoms with Gasteiger partial charge in [0.1, 0.15) is 9.84 Å². The molecule has 6 heteroatoms. The van der Waals surface area contributed by atoms with Crippen LogP contribution in [0.25, 0.3) is 10.9 Å². The maximum atomic E-state index is 11.8. The van der Waals surface area contributed by atoms with Crippen LogP contribution in [0.1, 0.15) is 50.2 Å². The zero-order valence-corrected chi connectivity index (χ0v) is 17.5. The van der Waals surface area contributed by atoms with Gasteiger partial charge in [0.2, 0.25) is 0 Å². The number of hydrogen-bond donors (Lipinski definition) is 2. The van der Waals surface area contributed by atoms with Crippen molar-refractivity contribution < 1.29 is 13.5 Å². The fourth-order valence-electron chi connectivity index (χ4n) is 5.04. The first kappa shape index (κ1) is 19.9. The lowest BCUT2D eigenvalue weighted by atomic mass is 10.00. The molecule has 4 rings (SSSR count). The number of benzene rings is 1. The Hall–Kier alpha value is -1.37. The summed E-state index contributed by atoms with van der Waals surface area (Å²) in [7, 11) is -2.95. The number of aliphatic hydroxyl groups is 1. The van der Waals surface area contributed by atoms with E-state index in [9.17, 15) is 13.5 Å². The molecule has 2 aliphatic rings. The normalized spacial score (nSPS) is 26.4. The van der Waals surface area contributed by atoms with Gasteiger partial charge in [-0.05, 0) is 74.8 Å². The summed E-state index contributed by atoms with van der Waals surface area (Å²) in [6.07, 6.45) is 9.06. The predicted octanol–water partition coefficient (Wildman–Crippen LogP) is 3.07. The minimum absolute atomic E-state index is 0.171. The monoisotopic (exact) mass is 404 g/mol. The summed E-state index contributed by atoms with van der Waals surface area (Å²) in [6.45, 7) is 2.80. The van der Waals surface area contributed by atoms with E-state index < -0.39 is 9.84 Å². The molecule has 2 N–H and O–H groups in total. The van der Waals surface area contributed by atoms with Gasteiger partial charge in [0, 0.05) is 34.9 Å². The van der Waals surface area contributed by atoms with Crippen molar-refractivity contribution in [1.82, 2.24) is 9.88 Å². The van der Waals surface area contributed by atoms with Gasteiger partial charge in [-0.2, -0.15) is 0 Å². The third-order valence-corrected chi connectivity index (χ3v) is 8.43. The highest BCUT2D eigenvalue weighted by atomic mass is 32.2. The number of likely N-dealkylation sites (tertiary alicyclic amines) is 1.